The van der Waals surface area contributed by atoms with Crippen molar-refractivity contribution in [2.75, 3.05) is 45.3 Å². The molecule has 0 aromatic heterocycles. The number of aliphatic imine (C=N–C) groups is 1. The second-order valence-electron chi connectivity index (χ2n) is 7.59. The number of nitrogens with zero attached hydrogens (tertiary/aromatic N) is 2. The van der Waals surface area contributed by atoms with Crippen LogP contribution in [0.4, 0.5) is 5.69 Å². The van der Waals surface area contributed by atoms with Crippen molar-refractivity contribution in [2.45, 2.75) is 25.3 Å². The molecular weight excluding hydrogens is 380 g/mol. The first-order valence-corrected chi connectivity index (χ1v) is 10.6. The van der Waals surface area contributed by atoms with Gasteiger partial charge in [0.05, 0.1) is 32.9 Å². The van der Waals surface area contributed by atoms with E-state index in [1.165, 1.54) is 18.4 Å². The molecule has 0 radical (unpaired) electrons. The normalized spacial score (nSPS) is 18.0. The maximum Gasteiger partial charge on any atom is 0.193 e. The number of methoxy groups -OCH3 is 1. The third kappa shape index (κ3) is 4.97. The van der Waals surface area contributed by atoms with E-state index in [9.17, 15) is 0 Å². The van der Waals surface area contributed by atoms with Crippen molar-refractivity contribution < 1.29 is 14.2 Å². The van der Waals surface area contributed by atoms with Crippen molar-refractivity contribution in [1.82, 2.24) is 4.90 Å². The minimum atomic E-state index is 0.197. The first-order chi connectivity index (χ1) is 14.7. The molecule has 3 N–H and O–H groups in total. The number of hydrogen-bond acceptors (Lipinski definition) is 5. The molecular formula is C23H30N4O3. The number of anilines is 1. The van der Waals surface area contributed by atoms with E-state index in [0.29, 0.717) is 25.7 Å². The van der Waals surface area contributed by atoms with Crippen LogP contribution in [0.2, 0.25) is 0 Å². The summed E-state index contributed by atoms with van der Waals surface area (Å²) in [6.45, 7) is 4.09. The number of ether oxygens (including phenoxy) is 3. The monoisotopic (exact) mass is 410 g/mol. The molecule has 1 saturated heterocycles. The van der Waals surface area contributed by atoms with Crippen LogP contribution in [0.15, 0.2) is 47.5 Å². The zero-order chi connectivity index (χ0) is 20.8. The van der Waals surface area contributed by atoms with Gasteiger partial charge < -0.3 is 25.3 Å². The molecule has 30 heavy (non-hydrogen) atoms. The molecule has 2 aromatic rings. The highest BCUT2D eigenvalue weighted by molar-refractivity contribution is 5.92. The van der Waals surface area contributed by atoms with Crippen LogP contribution in [0.25, 0.3) is 0 Å². The predicted molar refractivity (Wildman–Crippen MR) is 119 cm³/mol. The average molecular weight is 411 g/mol. The molecule has 1 unspecified atom stereocenters. The van der Waals surface area contributed by atoms with E-state index in [2.05, 4.69) is 27.3 Å². The number of rotatable bonds is 6. The molecule has 2 aliphatic rings. The highest BCUT2D eigenvalue weighted by atomic mass is 16.5. The van der Waals surface area contributed by atoms with Gasteiger partial charge in [-0.15, -0.1) is 0 Å². The summed E-state index contributed by atoms with van der Waals surface area (Å²) in [6, 6.07) is 14.2. The minimum Gasteiger partial charge on any atom is -0.497 e. The SMILES string of the molecule is COc1ccc(C(CN=C(N)Nc2ccc3c(c2)OCCCO3)N2CCCC2)cc1. The molecule has 1 atom stereocenters. The van der Waals surface area contributed by atoms with Crippen LogP contribution in [0, 0.1) is 0 Å². The fraction of sp³-hybridized carbons (Fsp3) is 0.435. The molecule has 7 nitrogen and oxygen atoms in total. The van der Waals surface area contributed by atoms with Crippen molar-refractivity contribution in [2.24, 2.45) is 10.7 Å². The summed E-state index contributed by atoms with van der Waals surface area (Å²) in [4.78, 5) is 7.13. The molecule has 0 bridgehead atoms. The van der Waals surface area contributed by atoms with Gasteiger partial charge in [-0.05, 0) is 55.8 Å². The number of nitrogens with two attached hydrogens (primary N) is 1. The van der Waals surface area contributed by atoms with Gasteiger partial charge in [0.25, 0.3) is 0 Å². The highest BCUT2D eigenvalue weighted by Gasteiger charge is 2.23. The number of likely N-dealkylation sites (tertiary alicyclic amines) is 1. The largest absolute Gasteiger partial charge is 0.497 e. The Morgan fingerprint density at radius 1 is 1.07 bits per heavy atom. The van der Waals surface area contributed by atoms with Crippen LogP contribution < -0.4 is 25.3 Å². The maximum absolute atomic E-state index is 6.21. The lowest BCUT2D eigenvalue weighted by molar-refractivity contribution is 0.251. The van der Waals surface area contributed by atoms with Crippen molar-refractivity contribution in [3.8, 4) is 17.2 Å². The lowest BCUT2D eigenvalue weighted by Gasteiger charge is -2.27. The zero-order valence-corrected chi connectivity index (χ0v) is 17.5. The fourth-order valence-corrected chi connectivity index (χ4v) is 3.92. The summed E-state index contributed by atoms with van der Waals surface area (Å²) in [6.07, 6.45) is 3.33. The van der Waals surface area contributed by atoms with Gasteiger partial charge >= 0.3 is 0 Å². The van der Waals surface area contributed by atoms with Crippen molar-refractivity contribution in [3.63, 3.8) is 0 Å². The lowest BCUT2D eigenvalue weighted by Crippen LogP contribution is -2.30. The minimum absolute atomic E-state index is 0.197. The molecule has 0 spiro atoms. The molecule has 0 amide bonds. The molecule has 1 fully saturated rings. The van der Waals surface area contributed by atoms with E-state index in [0.717, 1.165) is 42.4 Å². The maximum atomic E-state index is 6.21. The summed E-state index contributed by atoms with van der Waals surface area (Å²) in [5, 5.41) is 3.18. The van der Waals surface area contributed by atoms with E-state index < -0.39 is 0 Å². The topological polar surface area (TPSA) is 81.3 Å². The standard InChI is InChI=1S/C23H30N4O3/c1-28-19-8-5-17(6-9-19)20(27-11-2-3-12-27)16-25-23(24)26-18-7-10-21-22(15-18)30-14-4-13-29-21/h5-10,15,20H,2-4,11-14,16H2,1H3,(H3,24,25,26). The Labute approximate surface area is 177 Å². The van der Waals surface area contributed by atoms with E-state index in [-0.39, 0.29) is 6.04 Å². The molecule has 4 rings (SSSR count). The summed E-state index contributed by atoms with van der Waals surface area (Å²) in [5.74, 6) is 2.75. The van der Waals surface area contributed by atoms with Gasteiger partial charge in [-0.1, -0.05) is 12.1 Å². The van der Waals surface area contributed by atoms with Crippen LogP contribution in [-0.2, 0) is 0 Å². The zero-order valence-electron chi connectivity index (χ0n) is 17.5. The fourth-order valence-electron chi connectivity index (χ4n) is 3.92. The predicted octanol–water partition coefficient (Wildman–Crippen LogP) is 3.42. The summed E-state index contributed by atoms with van der Waals surface area (Å²) < 4.78 is 16.7. The van der Waals surface area contributed by atoms with E-state index >= 15 is 0 Å². The Morgan fingerprint density at radius 3 is 2.53 bits per heavy atom. The van der Waals surface area contributed by atoms with Gasteiger partial charge in [-0.25, -0.2) is 0 Å². The van der Waals surface area contributed by atoms with Gasteiger partial charge in [0.15, 0.2) is 17.5 Å². The smallest absolute Gasteiger partial charge is 0.193 e. The second kappa shape index (κ2) is 9.71. The Hall–Kier alpha value is -2.93. The summed E-state index contributed by atoms with van der Waals surface area (Å²) >= 11 is 0. The van der Waals surface area contributed by atoms with Crippen molar-refractivity contribution in [3.05, 3.63) is 48.0 Å². The van der Waals surface area contributed by atoms with E-state index in [4.69, 9.17) is 19.9 Å². The molecule has 160 valence electrons. The third-order valence-electron chi connectivity index (χ3n) is 5.54. The average Bonchev–Trinajstić information content (AvgIpc) is 3.19. The first kappa shape index (κ1) is 20.3. The molecule has 2 aliphatic heterocycles. The lowest BCUT2D eigenvalue weighted by atomic mass is 10.1. The van der Waals surface area contributed by atoms with Crippen LogP contribution in [0.5, 0.6) is 17.2 Å². The number of hydrogen-bond donors (Lipinski definition) is 2. The van der Waals surface area contributed by atoms with E-state index in [1.54, 1.807) is 7.11 Å². The number of benzene rings is 2. The third-order valence-corrected chi connectivity index (χ3v) is 5.54. The van der Waals surface area contributed by atoms with Gasteiger partial charge in [0.2, 0.25) is 0 Å². The number of fused-ring (bicyclic) bond motifs is 1. The van der Waals surface area contributed by atoms with Crippen LogP contribution in [-0.4, -0.2) is 50.8 Å². The molecule has 2 heterocycles. The van der Waals surface area contributed by atoms with Crippen molar-refractivity contribution in [1.29, 1.82) is 0 Å². The van der Waals surface area contributed by atoms with E-state index in [1.807, 2.05) is 30.3 Å². The van der Waals surface area contributed by atoms with Gasteiger partial charge in [0, 0.05) is 18.2 Å². The first-order valence-electron chi connectivity index (χ1n) is 10.6. The molecule has 2 aromatic carbocycles. The van der Waals surface area contributed by atoms with Gasteiger partial charge in [-0.3, -0.25) is 9.89 Å². The van der Waals surface area contributed by atoms with Crippen molar-refractivity contribution >= 4 is 11.6 Å². The molecule has 0 saturated carbocycles. The number of nitrogens with one attached hydrogen (secondary N) is 1. The summed E-state index contributed by atoms with van der Waals surface area (Å²) in [5.41, 5.74) is 8.27. The molecule has 0 aliphatic carbocycles. The quantitative estimate of drug-likeness (QED) is 0.561. The second-order valence-corrected chi connectivity index (χ2v) is 7.59. The Bertz CT molecular complexity index is 863. The van der Waals surface area contributed by atoms with Crippen LogP contribution in [0.3, 0.4) is 0 Å². The highest BCUT2D eigenvalue weighted by Crippen LogP contribution is 2.32. The number of guanidine groups is 1. The summed E-state index contributed by atoms with van der Waals surface area (Å²) in [7, 11) is 1.68. The van der Waals surface area contributed by atoms with Gasteiger partial charge in [0.1, 0.15) is 5.75 Å². The molecule has 7 heteroatoms. The Kier molecular flexibility index (Phi) is 6.59. The Balaban J connectivity index is 1.45. The Morgan fingerprint density at radius 2 is 1.80 bits per heavy atom. The van der Waals surface area contributed by atoms with Crippen LogP contribution >= 0.6 is 0 Å². The van der Waals surface area contributed by atoms with Gasteiger partial charge in [-0.2, -0.15) is 0 Å². The van der Waals surface area contributed by atoms with Crippen LogP contribution in [0.1, 0.15) is 30.9 Å².